The van der Waals surface area contributed by atoms with Gasteiger partial charge in [-0.2, -0.15) is 0 Å². The van der Waals surface area contributed by atoms with Crippen LogP contribution in [-0.4, -0.2) is 22.0 Å². The van der Waals surface area contributed by atoms with E-state index in [1.54, 1.807) is 0 Å². The molecule has 1 nitrogen and oxygen atoms in total. The van der Waals surface area contributed by atoms with E-state index in [1.807, 2.05) is 0 Å². The predicted octanol–water partition coefficient (Wildman–Crippen LogP) is 3.72. The summed E-state index contributed by atoms with van der Waals surface area (Å²) in [6, 6.07) is 0. The lowest BCUT2D eigenvalue weighted by molar-refractivity contribution is -0.119. The van der Waals surface area contributed by atoms with Crippen LogP contribution in [0.4, 0.5) is 0 Å². The Hall–Kier alpha value is 0.0200. The first-order chi connectivity index (χ1) is 9.16. The maximum Gasteiger partial charge on any atom is 0.184 e. The third-order valence-electron chi connectivity index (χ3n) is 6.59. The Kier molecular flexibility index (Phi) is 3.02. The lowest BCUT2D eigenvalue weighted by Crippen LogP contribution is -2.58. The maximum atomic E-state index is 12.3. The highest BCUT2D eigenvalue weighted by Gasteiger charge is 2.60. The number of carbonyl (C=O) groups is 1. The van der Waals surface area contributed by atoms with Crippen molar-refractivity contribution in [2.24, 2.45) is 17.8 Å². The molecule has 0 amide bonds. The summed E-state index contributed by atoms with van der Waals surface area (Å²) in [6.45, 7) is 0. The molecule has 5 aliphatic carbocycles. The van der Waals surface area contributed by atoms with Crippen LogP contribution >= 0.6 is 0 Å². The van der Waals surface area contributed by atoms with Crippen molar-refractivity contribution in [1.82, 2.24) is 0 Å². The molecule has 0 radical (unpaired) electrons. The first-order valence-electron chi connectivity index (χ1n) is 8.34. The van der Waals surface area contributed by atoms with Crippen LogP contribution in [-0.2, 0) is 15.7 Å². The molecule has 0 aromatic carbocycles. The predicted molar refractivity (Wildman–Crippen MR) is 81.5 cm³/mol. The summed E-state index contributed by atoms with van der Waals surface area (Å²) in [6.07, 6.45) is 16.0. The molecule has 5 rings (SSSR count). The SMILES string of the molecule is C[S+](C1CCCCC1=O)C12CC3CC(CC(C3)C1)C2. The standard InChI is InChI=1S/C17H27OS/c1-19(16-5-3-2-4-15(16)18)17-9-12-6-13(10-17)8-14(7-12)11-17/h12-14,16H,2-11H2,1H3/q+1. The summed E-state index contributed by atoms with van der Waals surface area (Å²) >= 11 is 0. The van der Waals surface area contributed by atoms with Crippen molar-refractivity contribution < 1.29 is 4.79 Å². The van der Waals surface area contributed by atoms with Gasteiger partial charge >= 0.3 is 0 Å². The van der Waals surface area contributed by atoms with Crippen LogP contribution in [0.25, 0.3) is 0 Å². The van der Waals surface area contributed by atoms with E-state index >= 15 is 0 Å². The molecule has 0 spiro atoms. The summed E-state index contributed by atoms with van der Waals surface area (Å²) in [5, 5.41) is 0.449. The average Bonchev–Trinajstić information content (AvgIpc) is 2.37. The highest BCUT2D eigenvalue weighted by atomic mass is 32.2. The third kappa shape index (κ3) is 2.01. The van der Waals surface area contributed by atoms with E-state index in [0.29, 0.717) is 26.7 Å². The molecule has 5 saturated carbocycles. The fraction of sp³-hybridized carbons (Fsp3) is 0.941. The van der Waals surface area contributed by atoms with Gasteiger partial charge in [-0.25, -0.2) is 0 Å². The van der Waals surface area contributed by atoms with Gasteiger partial charge in [0, 0.05) is 43.0 Å². The Morgan fingerprint density at radius 3 is 2.11 bits per heavy atom. The van der Waals surface area contributed by atoms with Crippen LogP contribution in [0.1, 0.15) is 64.2 Å². The molecule has 4 bridgehead atoms. The summed E-state index contributed by atoms with van der Waals surface area (Å²) in [5.41, 5.74) is 0. The van der Waals surface area contributed by atoms with E-state index in [2.05, 4.69) is 6.26 Å². The molecule has 5 fully saturated rings. The maximum absolute atomic E-state index is 12.3. The highest BCUT2D eigenvalue weighted by molar-refractivity contribution is 7.98. The van der Waals surface area contributed by atoms with Crippen LogP contribution < -0.4 is 0 Å². The molecular formula is C17H27OS+. The summed E-state index contributed by atoms with van der Waals surface area (Å²) < 4.78 is 0.604. The molecule has 0 aliphatic heterocycles. The fourth-order valence-electron chi connectivity index (χ4n) is 6.05. The van der Waals surface area contributed by atoms with Gasteiger partial charge in [0.1, 0.15) is 4.75 Å². The van der Waals surface area contributed by atoms with Gasteiger partial charge in [-0.05, 0) is 49.9 Å². The molecule has 2 unspecified atom stereocenters. The van der Waals surface area contributed by atoms with Crippen molar-refractivity contribution in [2.75, 3.05) is 6.26 Å². The first kappa shape index (κ1) is 12.7. The van der Waals surface area contributed by atoms with Gasteiger partial charge in [-0.1, -0.05) is 0 Å². The normalized spacial score (nSPS) is 50.5. The number of ketones is 1. The molecule has 2 heteroatoms. The minimum atomic E-state index is 0.359. The third-order valence-corrected chi connectivity index (χ3v) is 9.81. The second kappa shape index (κ2) is 4.51. The molecule has 2 atom stereocenters. The lowest BCUT2D eigenvalue weighted by Gasteiger charge is -2.55. The molecule has 0 saturated heterocycles. The minimum Gasteiger partial charge on any atom is -0.294 e. The van der Waals surface area contributed by atoms with Gasteiger partial charge in [0.15, 0.2) is 11.0 Å². The van der Waals surface area contributed by atoms with Gasteiger partial charge in [0.25, 0.3) is 0 Å². The van der Waals surface area contributed by atoms with Crippen LogP contribution in [0.5, 0.6) is 0 Å². The van der Waals surface area contributed by atoms with Gasteiger partial charge in [-0.3, -0.25) is 4.79 Å². The second-order valence-corrected chi connectivity index (χ2v) is 10.4. The molecule has 106 valence electrons. The zero-order valence-corrected chi connectivity index (χ0v) is 13.0. The minimum absolute atomic E-state index is 0.359. The quantitative estimate of drug-likeness (QED) is 0.704. The number of carbonyl (C=O) groups excluding carboxylic acids is 1. The van der Waals surface area contributed by atoms with Gasteiger partial charge in [0.2, 0.25) is 0 Å². The Balaban J connectivity index is 1.58. The zero-order valence-electron chi connectivity index (χ0n) is 12.2. The molecule has 0 heterocycles. The van der Waals surface area contributed by atoms with Crippen molar-refractivity contribution >= 4 is 16.7 Å². The fourth-order valence-corrected chi connectivity index (χ4v) is 9.18. The van der Waals surface area contributed by atoms with Crippen molar-refractivity contribution in [3.63, 3.8) is 0 Å². The van der Waals surface area contributed by atoms with E-state index in [1.165, 1.54) is 51.4 Å². The second-order valence-electron chi connectivity index (χ2n) is 7.86. The summed E-state index contributed by atoms with van der Waals surface area (Å²) in [4.78, 5) is 12.3. The highest BCUT2D eigenvalue weighted by Crippen LogP contribution is 2.59. The molecule has 0 N–H and O–H groups in total. The summed E-state index contributed by atoms with van der Waals surface area (Å²) in [5.74, 6) is 3.70. The van der Waals surface area contributed by atoms with E-state index in [0.717, 1.165) is 30.6 Å². The van der Waals surface area contributed by atoms with Crippen LogP contribution in [0.15, 0.2) is 0 Å². The Labute approximate surface area is 120 Å². The van der Waals surface area contributed by atoms with Crippen LogP contribution in [0.2, 0.25) is 0 Å². The lowest BCUT2D eigenvalue weighted by atomic mass is 9.56. The molecule has 19 heavy (non-hydrogen) atoms. The van der Waals surface area contributed by atoms with Gasteiger partial charge in [0.05, 0.1) is 6.26 Å². The topological polar surface area (TPSA) is 17.1 Å². The zero-order chi connectivity index (χ0) is 13.0. The van der Waals surface area contributed by atoms with Crippen molar-refractivity contribution in [2.45, 2.75) is 74.2 Å². The summed E-state index contributed by atoms with van der Waals surface area (Å²) in [7, 11) is 0.359. The number of rotatable bonds is 2. The van der Waals surface area contributed by atoms with E-state index in [-0.39, 0.29) is 0 Å². The molecular weight excluding hydrogens is 252 g/mol. The number of hydrogen-bond donors (Lipinski definition) is 0. The molecule has 0 aromatic heterocycles. The van der Waals surface area contributed by atoms with Gasteiger partial charge < -0.3 is 0 Å². The number of hydrogen-bond acceptors (Lipinski definition) is 1. The van der Waals surface area contributed by atoms with E-state index in [4.69, 9.17) is 0 Å². The van der Waals surface area contributed by atoms with Crippen molar-refractivity contribution in [1.29, 1.82) is 0 Å². The average molecular weight is 279 g/mol. The largest absolute Gasteiger partial charge is 0.294 e. The Morgan fingerprint density at radius 1 is 1.00 bits per heavy atom. The van der Waals surface area contributed by atoms with E-state index < -0.39 is 0 Å². The van der Waals surface area contributed by atoms with E-state index in [9.17, 15) is 4.79 Å². The van der Waals surface area contributed by atoms with Gasteiger partial charge in [-0.15, -0.1) is 0 Å². The molecule has 0 aromatic rings. The molecule has 5 aliphatic rings. The van der Waals surface area contributed by atoms with Crippen LogP contribution in [0.3, 0.4) is 0 Å². The monoisotopic (exact) mass is 279 g/mol. The number of Topliss-reactive ketones (excluding diaryl/α,β-unsaturated/α-hetero) is 1. The van der Waals surface area contributed by atoms with Crippen LogP contribution in [0, 0.1) is 17.8 Å². The van der Waals surface area contributed by atoms with Crippen molar-refractivity contribution in [3.8, 4) is 0 Å². The Bertz CT molecular complexity index is 353. The Morgan fingerprint density at radius 2 is 1.58 bits per heavy atom. The van der Waals surface area contributed by atoms with Crippen molar-refractivity contribution in [3.05, 3.63) is 0 Å². The smallest absolute Gasteiger partial charge is 0.184 e. The first-order valence-corrected chi connectivity index (χ1v) is 10.0.